The average Bonchev–Trinajstić information content (AvgIpc) is 2.75. The van der Waals surface area contributed by atoms with Crippen LogP contribution >= 0.6 is 27.5 Å². The molecule has 1 N–H and O–H groups in total. The molecule has 0 bridgehead atoms. The van der Waals surface area contributed by atoms with E-state index in [2.05, 4.69) is 34.8 Å². The number of aromatic amines is 1. The summed E-state index contributed by atoms with van der Waals surface area (Å²) in [5.41, 5.74) is 4.77. The number of hydrogen-bond acceptors (Lipinski definition) is 1. The van der Waals surface area contributed by atoms with Crippen LogP contribution in [0.15, 0.2) is 10.5 Å². The first-order valence-electron chi connectivity index (χ1n) is 6.24. The summed E-state index contributed by atoms with van der Waals surface area (Å²) in [6.07, 6.45) is 2.10. The summed E-state index contributed by atoms with van der Waals surface area (Å²) in [7, 11) is 0. The zero-order chi connectivity index (χ0) is 12.9. The van der Waals surface area contributed by atoms with Gasteiger partial charge in [0.1, 0.15) is 0 Å². The summed E-state index contributed by atoms with van der Waals surface area (Å²) in [6.45, 7) is 5.01. The van der Waals surface area contributed by atoms with Crippen molar-refractivity contribution in [1.29, 1.82) is 0 Å². The normalized spacial score (nSPS) is 19.2. The maximum absolute atomic E-state index is 6.35. The predicted molar refractivity (Wildman–Crippen MR) is 78.4 cm³/mol. The molecular formula is C14H15BrClNO. The lowest BCUT2D eigenvalue weighted by atomic mass is 10.0. The van der Waals surface area contributed by atoms with Crippen LogP contribution in [0.3, 0.4) is 0 Å². The maximum Gasteiger partial charge on any atom is 0.0973 e. The van der Waals surface area contributed by atoms with Gasteiger partial charge in [-0.25, -0.2) is 0 Å². The fourth-order valence-corrected chi connectivity index (χ4v) is 3.60. The topological polar surface area (TPSA) is 25.0 Å². The van der Waals surface area contributed by atoms with Gasteiger partial charge in [0, 0.05) is 15.6 Å². The van der Waals surface area contributed by atoms with Gasteiger partial charge in [0.2, 0.25) is 0 Å². The Morgan fingerprint density at radius 1 is 1.56 bits per heavy atom. The molecule has 1 aromatic carbocycles. The number of rotatable bonds is 1. The summed E-state index contributed by atoms with van der Waals surface area (Å²) < 4.78 is 6.95. The van der Waals surface area contributed by atoms with Crippen molar-refractivity contribution in [1.82, 2.24) is 4.98 Å². The quantitative estimate of drug-likeness (QED) is 0.790. The first-order chi connectivity index (χ1) is 8.63. The van der Waals surface area contributed by atoms with Gasteiger partial charge in [0.15, 0.2) is 0 Å². The molecule has 0 aliphatic carbocycles. The second-order valence-corrected chi connectivity index (χ2v) is 5.97. The third kappa shape index (κ3) is 1.72. The van der Waals surface area contributed by atoms with Crippen LogP contribution in [0.4, 0.5) is 0 Å². The van der Waals surface area contributed by atoms with Crippen LogP contribution in [0.25, 0.3) is 10.9 Å². The molecule has 2 heterocycles. The molecule has 0 fully saturated rings. The number of benzene rings is 1. The molecule has 0 radical (unpaired) electrons. The Hall–Kier alpha value is -0.510. The third-order valence-electron chi connectivity index (χ3n) is 3.65. The fourth-order valence-electron chi connectivity index (χ4n) is 2.75. The van der Waals surface area contributed by atoms with E-state index in [9.17, 15) is 0 Å². The van der Waals surface area contributed by atoms with Gasteiger partial charge >= 0.3 is 0 Å². The van der Waals surface area contributed by atoms with Crippen molar-refractivity contribution in [3.05, 3.63) is 32.4 Å². The van der Waals surface area contributed by atoms with E-state index in [0.29, 0.717) is 0 Å². The summed E-state index contributed by atoms with van der Waals surface area (Å²) in [4.78, 5) is 3.47. The first-order valence-corrected chi connectivity index (χ1v) is 7.41. The highest BCUT2D eigenvalue weighted by molar-refractivity contribution is 9.10. The molecule has 18 heavy (non-hydrogen) atoms. The van der Waals surface area contributed by atoms with E-state index in [0.717, 1.165) is 34.5 Å². The Morgan fingerprint density at radius 2 is 2.33 bits per heavy atom. The number of fused-ring (bicyclic) bond motifs is 3. The number of ether oxygens (including phenoxy) is 1. The van der Waals surface area contributed by atoms with E-state index in [4.69, 9.17) is 16.3 Å². The predicted octanol–water partition coefficient (Wildman–Crippen LogP) is 4.92. The van der Waals surface area contributed by atoms with Gasteiger partial charge in [-0.1, -0.05) is 18.5 Å². The van der Waals surface area contributed by atoms with Gasteiger partial charge in [-0.2, -0.15) is 0 Å². The van der Waals surface area contributed by atoms with Gasteiger partial charge in [-0.3, -0.25) is 0 Å². The minimum Gasteiger partial charge on any atom is -0.372 e. The Kier molecular flexibility index (Phi) is 3.16. The highest BCUT2D eigenvalue weighted by Crippen LogP contribution is 2.41. The molecule has 1 unspecified atom stereocenters. The van der Waals surface area contributed by atoms with Crippen molar-refractivity contribution in [2.45, 2.75) is 32.8 Å². The summed E-state index contributed by atoms with van der Waals surface area (Å²) in [6, 6.07) is 2.00. The van der Waals surface area contributed by atoms with Crippen molar-refractivity contribution in [3.63, 3.8) is 0 Å². The van der Waals surface area contributed by atoms with Crippen molar-refractivity contribution in [2.24, 2.45) is 0 Å². The largest absolute Gasteiger partial charge is 0.372 e. The number of aryl methyl sites for hydroxylation is 1. The Bertz CT molecular complexity index is 620. The van der Waals surface area contributed by atoms with Gasteiger partial charge < -0.3 is 9.72 Å². The van der Waals surface area contributed by atoms with Crippen LogP contribution in [-0.2, 0) is 11.2 Å². The second kappa shape index (κ2) is 4.55. The molecule has 1 aromatic heterocycles. The molecule has 4 heteroatoms. The minimum atomic E-state index is 0.171. The fraction of sp³-hybridized carbons (Fsp3) is 0.429. The molecule has 0 amide bonds. The van der Waals surface area contributed by atoms with E-state index >= 15 is 0 Å². The van der Waals surface area contributed by atoms with E-state index in [1.165, 1.54) is 22.2 Å². The Morgan fingerprint density at radius 3 is 3.06 bits per heavy atom. The number of halogens is 2. The summed E-state index contributed by atoms with van der Waals surface area (Å²) in [5, 5.41) is 2.02. The van der Waals surface area contributed by atoms with Crippen LogP contribution < -0.4 is 0 Å². The summed E-state index contributed by atoms with van der Waals surface area (Å²) >= 11 is 10.0. The van der Waals surface area contributed by atoms with Crippen molar-refractivity contribution in [3.8, 4) is 0 Å². The van der Waals surface area contributed by atoms with E-state index in [1.807, 2.05) is 6.07 Å². The monoisotopic (exact) mass is 327 g/mol. The van der Waals surface area contributed by atoms with Crippen molar-refractivity contribution in [2.75, 3.05) is 6.61 Å². The van der Waals surface area contributed by atoms with E-state index < -0.39 is 0 Å². The molecule has 0 saturated heterocycles. The molecule has 1 atom stereocenters. The lowest BCUT2D eigenvalue weighted by Gasteiger charge is -2.22. The van der Waals surface area contributed by atoms with Crippen LogP contribution in [0, 0.1) is 6.92 Å². The van der Waals surface area contributed by atoms with Crippen LogP contribution in [0.5, 0.6) is 0 Å². The minimum absolute atomic E-state index is 0.171. The number of aromatic nitrogens is 1. The van der Waals surface area contributed by atoms with Crippen LogP contribution in [0.2, 0.25) is 5.02 Å². The van der Waals surface area contributed by atoms with Crippen molar-refractivity contribution < 1.29 is 4.74 Å². The van der Waals surface area contributed by atoms with Gasteiger partial charge in [-0.15, -0.1) is 0 Å². The molecule has 3 rings (SSSR count). The molecule has 0 saturated carbocycles. The van der Waals surface area contributed by atoms with E-state index in [1.54, 1.807) is 0 Å². The van der Waals surface area contributed by atoms with Gasteiger partial charge in [0.25, 0.3) is 0 Å². The maximum atomic E-state index is 6.35. The van der Waals surface area contributed by atoms with Crippen LogP contribution in [-0.4, -0.2) is 11.6 Å². The van der Waals surface area contributed by atoms with Gasteiger partial charge in [-0.05, 0) is 52.9 Å². The molecule has 2 nitrogen and oxygen atoms in total. The van der Waals surface area contributed by atoms with E-state index in [-0.39, 0.29) is 6.10 Å². The molecule has 1 aliphatic rings. The highest BCUT2D eigenvalue weighted by Gasteiger charge is 2.26. The Labute approximate surface area is 120 Å². The number of nitrogens with one attached hydrogen (secondary N) is 1. The molecular weight excluding hydrogens is 314 g/mol. The molecule has 0 spiro atoms. The Balaban J connectivity index is 2.36. The third-order valence-corrected chi connectivity index (χ3v) is 4.97. The standard InChI is InChI=1S/C14H15BrClNO/c1-3-10-13-8(4-5-18-10)11-12(15)7(2)6-9(16)14(11)17-13/h6,10,17H,3-5H2,1-2H3. The smallest absolute Gasteiger partial charge is 0.0973 e. The molecule has 96 valence electrons. The summed E-state index contributed by atoms with van der Waals surface area (Å²) in [5.74, 6) is 0. The molecule has 2 aromatic rings. The zero-order valence-corrected chi connectivity index (χ0v) is 12.8. The lowest BCUT2D eigenvalue weighted by Crippen LogP contribution is -2.15. The lowest BCUT2D eigenvalue weighted by molar-refractivity contribution is 0.0377. The SMILES string of the molecule is CCC1OCCc2c1[nH]c1c(Cl)cc(C)c(Br)c21. The van der Waals surface area contributed by atoms with Gasteiger partial charge in [0.05, 0.1) is 23.3 Å². The number of hydrogen-bond donors (Lipinski definition) is 1. The molecule has 1 aliphatic heterocycles. The van der Waals surface area contributed by atoms with Crippen molar-refractivity contribution >= 4 is 38.4 Å². The van der Waals surface area contributed by atoms with Crippen LogP contribution in [0.1, 0.15) is 36.3 Å². The first kappa shape index (κ1) is 12.5. The highest BCUT2D eigenvalue weighted by atomic mass is 79.9. The zero-order valence-electron chi connectivity index (χ0n) is 10.4. The average molecular weight is 329 g/mol. The number of H-pyrrole nitrogens is 1. The second-order valence-electron chi connectivity index (χ2n) is 4.77.